The summed E-state index contributed by atoms with van der Waals surface area (Å²) in [5.74, 6) is 2.67. The molecular weight excluding hydrogens is 150 g/mol. The Balaban J connectivity index is 2.11. The summed E-state index contributed by atoms with van der Waals surface area (Å²) < 4.78 is 5.61. The molecule has 0 saturated heterocycles. The van der Waals surface area contributed by atoms with Crippen LogP contribution in [0.5, 0.6) is 0 Å². The monoisotopic (exact) mass is 165 g/mol. The Morgan fingerprint density at radius 2 is 2.25 bits per heavy atom. The molecule has 1 aromatic rings. The Bertz CT molecular complexity index is 248. The van der Waals surface area contributed by atoms with Crippen molar-refractivity contribution in [3.63, 3.8) is 0 Å². The first-order valence-corrected chi connectivity index (χ1v) is 4.84. The molecule has 66 valence electrons. The second-order valence-electron chi connectivity index (χ2n) is 3.49. The van der Waals surface area contributed by atoms with Crippen LogP contribution in [-0.4, -0.2) is 4.98 Å². The summed E-state index contributed by atoms with van der Waals surface area (Å²) in [6.07, 6.45) is 8.11. The van der Waals surface area contributed by atoms with E-state index in [9.17, 15) is 0 Å². The van der Waals surface area contributed by atoms with Gasteiger partial charge in [0.15, 0.2) is 5.89 Å². The zero-order chi connectivity index (χ0) is 8.39. The van der Waals surface area contributed by atoms with Gasteiger partial charge in [-0.2, -0.15) is 0 Å². The van der Waals surface area contributed by atoms with E-state index in [4.69, 9.17) is 4.42 Å². The fourth-order valence-electron chi connectivity index (χ4n) is 1.89. The SMILES string of the molecule is CCc1ncc(C2CCCC2)o1. The molecule has 1 saturated carbocycles. The van der Waals surface area contributed by atoms with Crippen molar-refractivity contribution in [2.75, 3.05) is 0 Å². The lowest BCUT2D eigenvalue weighted by molar-refractivity contribution is 0.428. The van der Waals surface area contributed by atoms with Crippen LogP contribution >= 0.6 is 0 Å². The number of rotatable bonds is 2. The number of aromatic nitrogens is 1. The molecule has 0 N–H and O–H groups in total. The second kappa shape index (κ2) is 3.30. The molecule has 1 aromatic heterocycles. The summed E-state index contributed by atoms with van der Waals surface area (Å²) in [7, 11) is 0. The fraction of sp³-hybridized carbons (Fsp3) is 0.700. The maximum Gasteiger partial charge on any atom is 0.194 e. The van der Waals surface area contributed by atoms with E-state index in [1.54, 1.807) is 0 Å². The second-order valence-corrected chi connectivity index (χ2v) is 3.49. The smallest absolute Gasteiger partial charge is 0.194 e. The van der Waals surface area contributed by atoms with Crippen LogP contribution in [0.1, 0.15) is 50.2 Å². The quantitative estimate of drug-likeness (QED) is 0.673. The van der Waals surface area contributed by atoms with Gasteiger partial charge >= 0.3 is 0 Å². The normalized spacial score (nSPS) is 18.8. The minimum absolute atomic E-state index is 0.665. The van der Waals surface area contributed by atoms with Gasteiger partial charge in [-0.15, -0.1) is 0 Å². The third-order valence-corrected chi connectivity index (χ3v) is 2.63. The van der Waals surface area contributed by atoms with Gasteiger partial charge in [0.05, 0.1) is 6.20 Å². The molecule has 2 rings (SSSR count). The molecule has 0 spiro atoms. The molecule has 2 nitrogen and oxygen atoms in total. The predicted octanol–water partition coefficient (Wildman–Crippen LogP) is 2.89. The molecule has 12 heavy (non-hydrogen) atoms. The molecule has 1 aliphatic carbocycles. The average molecular weight is 165 g/mol. The van der Waals surface area contributed by atoms with Crippen LogP contribution in [-0.2, 0) is 6.42 Å². The van der Waals surface area contributed by atoms with Crippen LogP contribution in [0.4, 0.5) is 0 Å². The third kappa shape index (κ3) is 1.38. The van der Waals surface area contributed by atoms with Gasteiger partial charge in [0, 0.05) is 12.3 Å². The minimum Gasteiger partial charge on any atom is -0.445 e. The molecule has 0 radical (unpaired) electrons. The van der Waals surface area contributed by atoms with Gasteiger partial charge in [0.2, 0.25) is 0 Å². The summed E-state index contributed by atoms with van der Waals surface area (Å²) in [4.78, 5) is 4.21. The van der Waals surface area contributed by atoms with Crippen LogP contribution in [0.25, 0.3) is 0 Å². The number of aryl methyl sites for hydroxylation is 1. The van der Waals surface area contributed by atoms with Crippen LogP contribution in [0.2, 0.25) is 0 Å². The zero-order valence-corrected chi connectivity index (χ0v) is 7.55. The van der Waals surface area contributed by atoms with Crippen LogP contribution < -0.4 is 0 Å². The lowest BCUT2D eigenvalue weighted by Crippen LogP contribution is -1.87. The van der Waals surface area contributed by atoms with Gasteiger partial charge in [0.25, 0.3) is 0 Å². The fourth-order valence-corrected chi connectivity index (χ4v) is 1.89. The van der Waals surface area contributed by atoms with Gasteiger partial charge in [-0.05, 0) is 12.8 Å². The van der Waals surface area contributed by atoms with E-state index >= 15 is 0 Å². The molecule has 0 amide bonds. The molecule has 0 atom stereocenters. The lowest BCUT2D eigenvalue weighted by Gasteiger charge is -2.01. The van der Waals surface area contributed by atoms with Crippen molar-refractivity contribution in [1.29, 1.82) is 0 Å². The van der Waals surface area contributed by atoms with Gasteiger partial charge in [-0.25, -0.2) is 4.98 Å². The van der Waals surface area contributed by atoms with Crippen molar-refractivity contribution in [2.24, 2.45) is 0 Å². The van der Waals surface area contributed by atoms with Crippen LogP contribution in [0.3, 0.4) is 0 Å². The van der Waals surface area contributed by atoms with Crippen molar-refractivity contribution >= 4 is 0 Å². The van der Waals surface area contributed by atoms with E-state index in [0.717, 1.165) is 18.1 Å². The highest BCUT2D eigenvalue weighted by atomic mass is 16.4. The van der Waals surface area contributed by atoms with E-state index in [1.165, 1.54) is 25.7 Å². The van der Waals surface area contributed by atoms with Crippen LogP contribution in [0.15, 0.2) is 10.6 Å². The average Bonchev–Trinajstić information content (AvgIpc) is 2.75. The molecule has 2 heteroatoms. The molecule has 0 bridgehead atoms. The Morgan fingerprint density at radius 3 is 2.83 bits per heavy atom. The van der Waals surface area contributed by atoms with E-state index in [0.29, 0.717) is 5.92 Å². The highest BCUT2D eigenvalue weighted by Crippen LogP contribution is 2.34. The highest BCUT2D eigenvalue weighted by Gasteiger charge is 2.20. The Kier molecular flexibility index (Phi) is 2.15. The molecule has 0 aromatic carbocycles. The number of hydrogen-bond acceptors (Lipinski definition) is 2. The number of hydrogen-bond donors (Lipinski definition) is 0. The van der Waals surface area contributed by atoms with E-state index < -0.39 is 0 Å². The maximum absolute atomic E-state index is 5.61. The standard InChI is InChI=1S/C10H15NO/c1-2-10-11-7-9(12-10)8-5-3-4-6-8/h7-8H,2-6H2,1H3. The van der Waals surface area contributed by atoms with Crippen LogP contribution in [0, 0.1) is 0 Å². The highest BCUT2D eigenvalue weighted by molar-refractivity contribution is 5.03. The molecule has 1 heterocycles. The summed E-state index contributed by atoms with van der Waals surface area (Å²) in [5.41, 5.74) is 0. The number of oxazole rings is 1. The van der Waals surface area contributed by atoms with Crippen molar-refractivity contribution < 1.29 is 4.42 Å². The summed E-state index contributed by atoms with van der Waals surface area (Å²) in [5, 5.41) is 0. The minimum atomic E-state index is 0.665. The van der Waals surface area contributed by atoms with Crippen molar-refractivity contribution in [1.82, 2.24) is 4.98 Å². The van der Waals surface area contributed by atoms with Crippen molar-refractivity contribution in [3.8, 4) is 0 Å². The van der Waals surface area contributed by atoms with Gasteiger partial charge < -0.3 is 4.42 Å². The Morgan fingerprint density at radius 1 is 1.50 bits per heavy atom. The van der Waals surface area contributed by atoms with Gasteiger partial charge in [-0.1, -0.05) is 19.8 Å². The topological polar surface area (TPSA) is 26.0 Å². The van der Waals surface area contributed by atoms with E-state index in [1.807, 2.05) is 6.20 Å². The molecule has 1 fully saturated rings. The zero-order valence-electron chi connectivity index (χ0n) is 7.55. The van der Waals surface area contributed by atoms with Crippen molar-refractivity contribution in [3.05, 3.63) is 17.8 Å². The molecule has 0 aliphatic heterocycles. The third-order valence-electron chi connectivity index (χ3n) is 2.63. The Hall–Kier alpha value is -0.790. The van der Waals surface area contributed by atoms with Crippen molar-refractivity contribution in [2.45, 2.75) is 44.9 Å². The Labute approximate surface area is 73.0 Å². The maximum atomic E-state index is 5.61. The lowest BCUT2D eigenvalue weighted by atomic mass is 10.1. The number of nitrogens with zero attached hydrogens (tertiary/aromatic N) is 1. The first kappa shape index (κ1) is 7.84. The molecular formula is C10H15NO. The first-order valence-electron chi connectivity index (χ1n) is 4.84. The first-order chi connectivity index (χ1) is 5.90. The van der Waals surface area contributed by atoms with E-state index in [2.05, 4.69) is 11.9 Å². The molecule has 1 aliphatic rings. The predicted molar refractivity (Wildman–Crippen MR) is 47.1 cm³/mol. The van der Waals surface area contributed by atoms with Gasteiger partial charge in [0.1, 0.15) is 5.76 Å². The summed E-state index contributed by atoms with van der Waals surface area (Å²) in [6.45, 7) is 2.07. The molecule has 0 unspecified atom stereocenters. The van der Waals surface area contributed by atoms with E-state index in [-0.39, 0.29) is 0 Å². The summed E-state index contributed by atoms with van der Waals surface area (Å²) >= 11 is 0. The largest absolute Gasteiger partial charge is 0.445 e. The van der Waals surface area contributed by atoms with Gasteiger partial charge in [-0.3, -0.25) is 0 Å². The summed E-state index contributed by atoms with van der Waals surface area (Å²) in [6, 6.07) is 0.